The second kappa shape index (κ2) is 5.37. The summed E-state index contributed by atoms with van der Waals surface area (Å²) in [5, 5.41) is 0.324. The van der Waals surface area contributed by atoms with Crippen molar-refractivity contribution in [3.63, 3.8) is 0 Å². The number of carbonyl (C=O) groups is 2. The van der Waals surface area contributed by atoms with Crippen LogP contribution in [0.1, 0.15) is 10.4 Å². The lowest BCUT2D eigenvalue weighted by Crippen LogP contribution is -2.15. The van der Waals surface area contributed by atoms with Crippen LogP contribution in [-0.4, -0.2) is 25.7 Å². The maximum atomic E-state index is 11.4. The number of methoxy groups -OCH3 is 1. The molecule has 0 aliphatic carbocycles. The third-order valence-electron chi connectivity index (χ3n) is 1.70. The number of halogens is 1. The van der Waals surface area contributed by atoms with Gasteiger partial charge in [0.2, 0.25) is 0 Å². The van der Waals surface area contributed by atoms with Crippen LogP contribution in [0.3, 0.4) is 0 Å². The fourth-order valence-corrected chi connectivity index (χ4v) is 1.24. The molecule has 0 radical (unpaired) electrons. The van der Waals surface area contributed by atoms with Crippen molar-refractivity contribution in [3.05, 3.63) is 28.8 Å². The molecule has 0 aromatic heterocycles. The Bertz CT molecular complexity index is 399. The highest BCUT2D eigenvalue weighted by atomic mass is 35.5. The zero-order chi connectivity index (χ0) is 12.1. The number of rotatable bonds is 3. The average molecular weight is 244 g/mol. The Morgan fingerprint density at radius 2 is 2.06 bits per heavy atom. The SMILES string of the molecule is COC(=O)COC(=O)c1cc(N)cc(Cl)c1. The van der Waals surface area contributed by atoms with Crippen LogP contribution in [0.2, 0.25) is 5.02 Å². The molecular weight excluding hydrogens is 234 g/mol. The van der Waals surface area contributed by atoms with E-state index in [-0.39, 0.29) is 5.56 Å². The Labute approximate surface area is 97.1 Å². The molecule has 5 nitrogen and oxygen atoms in total. The van der Waals surface area contributed by atoms with Crippen molar-refractivity contribution in [2.24, 2.45) is 0 Å². The Morgan fingerprint density at radius 1 is 1.38 bits per heavy atom. The Morgan fingerprint density at radius 3 is 2.62 bits per heavy atom. The molecule has 2 N–H and O–H groups in total. The minimum absolute atomic E-state index is 0.189. The highest BCUT2D eigenvalue weighted by molar-refractivity contribution is 6.31. The number of hydrogen-bond donors (Lipinski definition) is 1. The lowest BCUT2D eigenvalue weighted by molar-refractivity contribution is -0.144. The van der Waals surface area contributed by atoms with Gasteiger partial charge in [0.1, 0.15) is 0 Å². The van der Waals surface area contributed by atoms with E-state index >= 15 is 0 Å². The minimum atomic E-state index is -0.681. The van der Waals surface area contributed by atoms with E-state index in [4.69, 9.17) is 17.3 Å². The highest BCUT2D eigenvalue weighted by Crippen LogP contribution is 2.17. The number of esters is 2. The summed E-state index contributed by atoms with van der Waals surface area (Å²) in [4.78, 5) is 22.2. The second-order valence-corrected chi connectivity index (χ2v) is 3.36. The van der Waals surface area contributed by atoms with Crippen molar-refractivity contribution in [1.82, 2.24) is 0 Å². The number of carbonyl (C=O) groups excluding carboxylic acids is 2. The van der Waals surface area contributed by atoms with Crippen molar-refractivity contribution in [1.29, 1.82) is 0 Å². The number of anilines is 1. The molecule has 0 amide bonds. The number of hydrogen-bond acceptors (Lipinski definition) is 5. The van der Waals surface area contributed by atoms with E-state index < -0.39 is 18.5 Å². The largest absolute Gasteiger partial charge is 0.466 e. The van der Waals surface area contributed by atoms with Crippen LogP contribution < -0.4 is 5.73 Å². The summed E-state index contributed by atoms with van der Waals surface area (Å²) >= 11 is 5.70. The van der Waals surface area contributed by atoms with E-state index in [9.17, 15) is 9.59 Å². The van der Waals surface area contributed by atoms with E-state index in [0.29, 0.717) is 10.7 Å². The molecule has 0 atom stereocenters. The number of ether oxygens (including phenoxy) is 2. The summed E-state index contributed by atoms with van der Waals surface area (Å²) in [6, 6.07) is 4.31. The third kappa shape index (κ3) is 3.43. The van der Waals surface area contributed by atoms with Crippen LogP contribution in [-0.2, 0) is 14.3 Å². The molecule has 1 aromatic carbocycles. The molecule has 0 saturated carbocycles. The van der Waals surface area contributed by atoms with Crippen LogP contribution in [0, 0.1) is 0 Å². The standard InChI is InChI=1S/C10H10ClNO4/c1-15-9(13)5-16-10(14)6-2-7(11)4-8(12)3-6/h2-4H,5,12H2,1H3. The van der Waals surface area contributed by atoms with Gasteiger partial charge in [-0.15, -0.1) is 0 Å². The van der Waals surface area contributed by atoms with Gasteiger partial charge in [-0.05, 0) is 18.2 Å². The summed E-state index contributed by atoms with van der Waals surface area (Å²) in [7, 11) is 1.20. The zero-order valence-corrected chi connectivity index (χ0v) is 9.28. The van der Waals surface area contributed by atoms with E-state index in [1.807, 2.05) is 0 Å². The van der Waals surface area contributed by atoms with Crippen LogP contribution in [0.15, 0.2) is 18.2 Å². The predicted octanol–water partition coefficient (Wildman–Crippen LogP) is 1.25. The van der Waals surface area contributed by atoms with Gasteiger partial charge in [-0.25, -0.2) is 9.59 Å². The molecule has 0 aliphatic rings. The maximum absolute atomic E-state index is 11.4. The fraction of sp³-hybridized carbons (Fsp3) is 0.200. The molecule has 16 heavy (non-hydrogen) atoms. The van der Waals surface area contributed by atoms with Crippen molar-refractivity contribution in [2.45, 2.75) is 0 Å². The van der Waals surface area contributed by atoms with Gasteiger partial charge in [-0.3, -0.25) is 0 Å². The molecule has 1 aromatic rings. The Balaban J connectivity index is 2.69. The highest BCUT2D eigenvalue weighted by Gasteiger charge is 2.11. The van der Waals surface area contributed by atoms with Crippen molar-refractivity contribution < 1.29 is 19.1 Å². The lowest BCUT2D eigenvalue weighted by Gasteiger charge is -2.04. The minimum Gasteiger partial charge on any atom is -0.466 e. The van der Waals surface area contributed by atoms with Gasteiger partial charge in [-0.2, -0.15) is 0 Å². The molecule has 0 unspecified atom stereocenters. The van der Waals surface area contributed by atoms with Gasteiger partial charge in [0, 0.05) is 10.7 Å². The van der Waals surface area contributed by atoms with E-state index in [1.165, 1.54) is 25.3 Å². The van der Waals surface area contributed by atoms with Gasteiger partial charge in [0.05, 0.1) is 12.7 Å². The topological polar surface area (TPSA) is 78.6 Å². The van der Waals surface area contributed by atoms with E-state index in [0.717, 1.165) is 0 Å². The first-order valence-electron chi connectivity index (χ1n) is 4.33. The summed E-state index contributed by atoms with van der Waals surface area (Å²) in [5.74, 6) is -1.32. The normalized spacial score (nSPS) is 9.62. The Kier molecular flexibility index (Phi) is 4.13. The number of nitrogen functional groups attached to an aromatic ring is 1. The van der Waals surface area contributed by atoms with Gasteiger partial charge in [0.25, 0.3) is 0 Å². The van der Waals surface area contributed by atoms with Crippen LogP contribution in [0.5, 0.6) is 0 Å². The van der Waals surface area contributed by atoms with Gasteiger partial charge >= 0.3 is 11.9 Å². The Hall–Kier alpha value is -1.75. The zero-order valence-electron chi connectivity index (χ0n) is 8.53. The first-order chi connectivity index (χ1) is 7.52. The van der Waals surface area contributed by atoms with Crippen LogP contribution >= 0.6 is 11.6 Å². The quantitative estimate of drug-likeness (QED) is 0.639. The number of benzene rings is 1. The van der Waals surface area contributed by atoms with Crippen molar-refractivity contribution >= 4 is 29.2 Å². The first kappa shape index (κ1) is 12.3. The molecule has 0 fully saturated rings. The predicted molar refractivity (Wildman–Crippen MR) is 58.2 cm³/mol. The fourth-order valence-electron chi connectivity index (χ4n) is 0.997. The van der Waals surface area contributed by atoms with Crippen molar-refractivity contribution in [3.8, 4) is 0 Å². The van der Waals surface area contributed by atoms with E-state index in [2.05, 4.69) is 9.47 Å². The summed E-state index contributed by atoms with van der Waals surface area (Å²) < 4.78 is 8.98. The summed E-state index contributed by atoms with van der Waals surface area (Å²) in [5.41, 5.74) is 6.03. The van der Waals surface area contributed by atoms with Gasteiger partial charge < -0.3 is 15.2 Å². The molecular formula is C10H10ClNO4. The smallest absolute Gasteiger partial charge is 0.344 e. The molecule has 0 heterocycles. The summed E-state index contributed by atoms with van der Waals surface area (Å²) in [6.07, 6.45) is 0. The maximum Gasteiger partial charge on any atom is 0.344 e. The van der Waals surface area contributed by atoms with Gasteiger partial charge in [-0.1, -0.05) is 11.6 Å². The first-order valence-corrected chi connectivity index (χ1v) is 4.70. The summed E-state index contributed by atoms with van der Waals surface area (Å²) in [6.45, 7) is -0.443. The number of nitrogens with two attached hydrogens (primary N) is 1. The van der Waals surface area contributed by atoms with Gasteiger partial charge in [0.15, 0.2) is 6.61 Å². The molecule has 0 spiro atoms. The van der Waals surface area contributed by atoms with E-state index in [1.54, 1.807) is 0 Å². The molecule has 1 rings (SSSR count). The lowest BCUT2D eigenvalue weighted by atomic mass is 10.2. The molecule has 86 valence electrons. The third-order valence-corrected chi connectivity index (χ3v) is 1.92. The molecule has 0 bridgehead atoms. The molecule has 6 heteroatoms. The second-order valence-electron chi connectivity index (χ2n) is 2.93. The monoisotopic (exact) mass is 243 g/mol. The molecule has 0 saturated heterocycles. The average Bonchev–Trinajstić information content (AvgIpc) is 2.23. The van der Waals surface area contributed by atoms with Crippen molar-refractivity contribution in [2.75, 3.05) is 19.5 Å². The van der Waals surface area contributed by atoms with Crippen LogP contribution in [0.25, 0.3) is 0 Å². The molecule has 0 aliphatic heterocycles. The van der Waals surface area contributed by atoms with Crippen LogP contribution in [0.4, 0.5) is 5.69 Å².